The van der Waals surface area contributed by atoms with Gasteiger partial charge in [-0.2, -0.15) is 5.10 Å². The lowest BCUT2D eigenvalue weighted by Crippen LogP contribution is -2.32. The van der Waals surface area contributed by atoms with Gasteiger partial charge in [-0.15, -0.1) is 0 Å². The molecule has 3 heterocycles. The van der Waals surface area contributed by atoms with Crippen molar-refractivity contribution < 1.29 is 4.79 Å². The zero-order valence-electron chi connectivity index (χ0n) is 13.7. The summed E-state index contributed by atoms with van der Waals surface area (Å²) in [5, 5.41) is 6.99. The summed E-state index contributed by atoms with van der Waals surface area (Å²) >= 11 is 0. The van der Waals surface area contributed by atoms with Gasteiger partial charge in [0.05, 0.1) is 0 Å². The van der Waals surface area contributed by atoms with E-state index in [4.69, 9.17) is 0 Å². The first-order valence-corrected chi connectivity index (χ1v) is 7.61. The molecule has 0 aliphatic carbocycles. The van der Waals surface area contributed by atoms with Crippen LogP contribution in [-0.2, 0) is 11.3 Å². The molecule has 24 heavy (non-hydrogen) atoms. The van der Waals surface area contributed by atoms with E-state index < -0.39 is 0 Å². The molecule has 0 saturated heterocycles. The standard InChI is InChI=1S/C16H18N6O2/c1-10(2)15-20-22(16(24)12-6-11(3)7-21(12)15)8-14(23)19-13-4-5-17-9-18-13/h4-7,9-10H,8H2,1-3H3,(H,17,18,19,23). The van der Waals surface area contributed by atoms with Crippen molar-refractivity contribution in [1.82, 2.24) is 24.1 Å². The van der Waals surface area contributed by atoms with Crippen LogP contribution in [0.4, 0.5) is 5.82 Å². The molecule has 3 aromatic rings. The van der Waals surface area contributed by atoms with Gasteiger partial charge in [0.15, 0.2) is 0 Å². The molecule has 0 atom stereocenters. The van der Waals surface area contributed by atoms with Crippen molar-refractivity contribution in [2.75, 3.05) is 5.32 Å². The Balaban J connectivity index is 1.96. The number of carbonyl (C=O) groups excluding carboxylic acids is 1. The van der Waals surface area contributed by atoms with Crippen molar-refractivity contribution in [2.45, 2.75) is 33.2 Å². The molecule has 0 aliphatic heterocycles. The molecule has 0 fully saturated rings. The number of anilines is 1. The molecule has 0 unspecified atom stereocenters. The second-order valence-corrected chi connectivity index (χ2v) is 5.89. The van der Waals surface area contributed by atoms with E-state index in [-0.39, 0.29) is 23.9 Å². The Morgan fingerprint density at radius 1 is 1.38 bits per heavy atom. The molecule has 0 aromatic carbocycles. The average Bonchev–Trinajstić information content (AvgIpc) is 2.92. The lowest BCUT2D eigenvalue weighted by Gasteiger charge is -2.12. The summed E-state index contributed by atoms with van der Waals surface area (Å²) in [4.78, 5) is 32.5. The molecule has 1 amide bonds. The highest BCUT2D eigenvalue weighted by Crippen LogP contribution is 2.14. The van der Waals surface area contributed by atoms with Crippen molar-refractivity contribution >= 4 is 17.2 Å². The minimum absolute atomic E-state index is 0.107. The second-order valence-electron chi connectivity index (χ2n) is 5.89. The molecule has 1 N–H and O–H groups in total. The van der Waals surface area contributed by atoms with Crippen LogP contribution in [0.3, 0.4) is 0 Å². The fraction of sp³-hybridized carbons (Fsp3) is 0.312. The fourth-order valence-electron chi connectivity index (χ4n) is 2.48. The van der Waals surface area contributed by atoms with Gasteiger partial charge >= 0.3 is 0 Å². The van der Waals surface area contributed by atoms with E-state index in [0.29, 0.717) is 11.3 Å². The van der Waals surface area contributed by atoms with Crippen molar-refractivity contribution in [3.63, 3.8) is 0 Å². The summed E-state index contributed by atoms with van der Waals surface area (Å²) in [5.41, 5.74) is 1.19. The summed E-state index contributed by atoms with van der Waals surface area (Å²) < 4.78 is 2.99. The fourth-order valence-corrected chi connectivity index (χ4v) is 2.48. The quantitative estimate of drug-likeness (QED) is 0.781. The number of rotatable bonds is 4. The smallest absolute Gasteiger partial charge is 0.291 e. The monoisotopic (exact) mass is 326 g/mol. The molecule has 3 aromatic heterocycles. The number of amides is 1. The van der Waals surface area contributed by atoms with Crippen molar-refractivity contribution in [1.29, 1.82) is 0 Å². The summed E-state index contributed by atoms with van der Waals surface area (Å²) in [6, 6.07) is 3.38. The van der Waals surface area contributed by atoms with Crippen LogP contribution in [0.2, 0.25) is 0 Å². The van der Waals surface area contributed by atoms with Gasteiger partial charge in [0.1, 0.15) is 30.0 Å². The van der Waals surface area contributed by atoms with Gasteiger partial charge in [-0.25, -0.2) is 14.6 Å². The Hall–Kier alpha value is -3.03. The van der Waals surface area contributed by atoms with Crippen molar-refractivity contribution in [3.8, 4) is 0 Å². The van der Waals surface area contributed by atoms with Crippen LogP contribution in [0.15, 0.2) is 35.6 Å². The van der Waals surface area contributed by atoms with Crippen LogP contribution in [0.5, 0.6) is 0 Å². The normalized spacial score (nSPS) is 11.2. The Labute approximate surface area is 138 Å². The molecule has 3 rings (SSSR count). The number of nitrogens with zero attached hydrogens (tertiary/aromatic N) is 5. The predicted octanol–water partition coefficient (Wildman–Crippen LogP) is 1.36. The van der Waals surface area contributed by atoms with Gasteiger partial charge in [-0.05, 0) is 24.6 Å². The van der Waals surface area contributed by atoms with E-state index in [1.165, 1.54) is 17.2 Å². The molecule has 124 valence electrons. The van der Waals surface area contributed by atoms with Crippen LogP contribution in [0.1, 0.15) is 31.2 Å². The minimum Gasteiger partial charge on any atom is -0.309 e. The molecular formula is C16H18N6O2. The van der Waals surface area contributed by atoms with Gasteiger partial charge in [0.25, 0.3) is 5.56 Å². The summed E-state index contributed by atoms with van der Waals surface area (Å²) in [6.07, 6.45) is 4.75. The SMILES string of the molecule is Cc1cc2c(=O)n(CC(=O)Nc3ccncn3)nc(C(C)C)n2c1. The highest BCUT2D eigenvalue weighted by Gasteiger charge is 2.15. The van der Waals surface area contributed by atoms with E-state index in [0.717, 1.165) is 11.4 Å². The zero-order valence-corrected chi connectivity index (χ0v) is 13.7. The average molecular weight is 326 g/mol. The summed E-state index contributed by atoms with van der Waals surface area (Å²) in [5.74, 6) is 0.848. The van der Waals surface area contributed by atoms with Gasteiger partial charge in [0, 0.05) is 18.3 Å². The van der Waals surface area contributed by atoms with Crippen molar-refractivity contribution in [3.05, 3.63) is 52.6 Å². The maximum Gasteiger partial charge on any atom is 0.291 e. The van der Waals surface area contributed by atoms with Gasteiger partial charge in [0.2, 0.25) is 5.91 Å². The van der Waals surface area contributed by atoms with Gasteiger partial charge in [-0.1, -0.05) is 13.8 Å². The van der Waals surface area contributed by atoms with Gasteiger partial charge < -0.3 is 5.32 Å². The second kappa shape index (κ2) is 6.23. The predicted molar refractivity (Wildman–Crippen MR) is 88.9 cm³/mol. The Morgan fingerprint density at radius 2 is 2.17 bits per heavy atom. The van der Waals surface area contributed by atoms with E-state index in [9.17, 15) is 9.59 Å². The van der Waals surface area contributed by atoms with E-state index >= 15 is 0 Å². The first-order valence-electron chi connectivity index (χ1n) is 7.61. The van der Waals surface area contributed by atoms with Crippen molar-refractivity contribution in [2.24, 2.45) is 0 Å². The molecule has 0 saturated carbocycles. The number of aryl methyl sites for hydroxylation is 1. The van der Waals surface area contributed by atoms with E-state index in [1.54, 1.807) is 16.5 Å². The van der Waals surface area contributed by atoms with E-state index in [1.807, 2.05) is 27.0 Å². The third-order valence-electron chi connectivity index (χ3n) is 3.54. The zero-order chi connectivity index (χ0) is 17.3. The van der Waals surface area contributed by atoms with Crippen LogP contribution in [-0.4, -0.2) is 30.1 Å². The highest BCUT2D eigenvalue weighted by molar-refractivity contribution is 5.89. The largest absolute Gasteiger partial charge is 0.309 e. The Kier molecular flexibility index (Phi) is 4.11. The number of nitrogens with one attached hydrogen (secondary N) is 1. The first kappa shape index (κ1) is 15.9. The Bertz CT molecular complexity index is 942. The van der Waals surface area contributed by atoms with Gasteiger partial charge in [-0.3, -0.25) is 14.0 Å². The lowest BCUT2D eigenvalue weighted by molar-refractivity contribution is -0.117. The number of carbonyl (C=O) groups is 1. The van der Waals surface area contributed by atoms with Crippen LogP contribution in [0, 0.1) is 6.92 Å². The summed E-state index contributed by atoms with van der Waals surface area (Å²) in [6.45, 7) is 5.73. The maximum atomic E-state index is 12.6. The third kappa shape index (κ3) is 3.03. The lowest BCUT2D eigenvalue weighted by atomic mass is 10.2. The number of hydrogen-bond acceptors (Lipinski definition) is 5. The molecule has 0 bridgehead atoms. The molecule has 8 nitrogen and oxygen atoms in total. The third-order valence-corrected chi connectivity index (χ3v) is 3.54. The van der Waals surface area contributed by atoms with Crippen LogP contribution in [0.25, 0.3) is 5.52 Å². The molecular weight excluding hydrogens is 308 g/mol. The first-order chi connectivity index (χ1) is 11.5. The number of aromatic nitrogens is 5. The Morgan fingerprint density at radius 3 is 2.83 bits per heavy atom. The minimum atomic E-state index is -0.370. The van der Waals surface area contributed by atoms with Crippen LogP contribution < -0.4 is 10.9 Å². The summed E-state index contributed by atoms with van der Waals surface area (Å²) in [7, 11) is 0. The molecule has 8 heteroatoms. The highest BCUT2D eigenvalue weighted by atomic mass is 16.2. The maximum absolute atomic E-state index is 12.6. The van der Waals surface area contributed by atoms with Crippen LogP contribution >= 0.6 is 0 Å². The number of fused-ring (bicyclic) bond motifs is 1. The van der Waals surface area contributed by atoms with E-state index in [2.05, 4.69) is 20.4 Å². The topological polar surface area (TPSA) is 94.2 Å². The molecule has 0 aliphatic rings. The molecule has 0 radical (unpaired) electrons. The molecule has 0 spiro atoms. The number of hydrogen-bond donors (Lipinski definition) is 1.